The van der Waals surface area contributed by atoms with E-state index in [0.29, 0.717) is 5.82 Å². The average molecular weight is 224 g/mol. The lowest BCUT2D eigenvalue weighted by atomic mass is 10.1. The topological polar surface area (TPSA) is 56.7 Å². The number of hydrogen-bond donors (Lipinski definition) is 1. The van der Waals surface area contributed by atoms with Crippen LogP contribution in [-0.2, 0) is 7.05 Å². The van der Waals surface area contributed by atoms with Crippen molar-refractivity contribution in [3.63, 3.8) is 0 Å². The third-order valence-electron chi connectivity index (χ3n) is 2.86. The molecule has 0 radical (unpaired) electrons. The van der Waals surface area contributed by atoms with Crippen LogP contribution in [0.4, 0.5) is 5.82 Å². The summed E-state index contributed by atoms with van der Waals surface area (Å²) in [5, 5.41) is 5.35. The van der Waals surface area contributed by atoms with Gasteiger partial charge in [0.25, 0.3) is 0 Å². The summed E-state index contributed by atoms with van der Waals surface area (Å²) in [7, 11) is 1.94. The Morgan fingerprint density at radius 2 is 1.94 bits per heavy atom. The quantitative estimate of drug-likeness (QED) is 0.689. The zero-order valence-electron chi connectivity index (χ0n) is 9.46. The van der Waals surface area contributed by atoms with Crippen molar-refractivity contribution in [3.8, 4) is 11.1 Å². The van der Waals surface area contributed by atoms with E-state index >= 15 is 0 Å². The number of anilines is 1. The maximum absolute atomic E-state index is 5.69. The third kappa shape index (κ3) is 1.63. The molecule has 3 rings (SSSR count). The molecule has 0 bridgehead atoms. The van der Waals surface area contributed by atoms with Crippen molar-refractivity contribution < 1.29 is 0 Å². The van der Waals surface area contributed by atoms with E-state index in [2.05, 4.69) is 28.3 Å². The number of fused-ring (bicyclic) bond motifs is 1. The molecule has 2 aromatic heterocycles. The molecule has 3 aromatic rings. The first-order valence-corrected chi connectivity index (χ1v) is 5.38. The zero-order valence-corrected chi connectivity index (χ0v) is 9.46. The molecule has 4 heteroatoms. The Bertz CT molecular complexity index is 685. The van der Waals surface area contributed by atoms with Gasteiger partial charge in [-0.25, -0.2) is 4.98 Å². The largest absolute Gasteiger partial charge is 0.384 e. The van der Waals surface area contributed by atoms with Crippen molar-refractivity contribution in [1.82, 2.24) is 14.8 Å². The summed E-state index contributed by atoms with van der Waals surface area (Å²) in [6.07, 6.45) is 3.58. The highest BCUT2D eigenvalue weighted by atomic mass is 15.2. The summed E-state index contributed by atoms with van der Waals surface area (Å²) >= 11 is 0. The number of aromatic nitrogens is 3. The van der Waals surface area contributed by atoms with Gasteiger partial charge < -0.3 is 5.73 Å². The average Bonchev–Trinajstić information content (AvgIpc) is 2.71. The molecule has 0 aliphatic rings. The van der Waals surface area contributed by atoms with Gasteiger partial charge in [-0.3, -0.25) is 4.68 Å². The highest BCUT2D eigenvalue weighted by Crippen LogP contribution is 2.24. The van der Waals surface area contributed by atoms with Crippen LogP contribution < -0.4 is 5.73 Å². The van der Waals surface area contributed by atoms with Gasteiger partial charge in [-0.2, -0.15) is 5.10 Å². The number of aryl methyl sites for hydroxylation is 1. The second kappa shape index (κ2) is 3.59. The fraction of sp³-hybridized carbons (Fsp3) is 0.0769. The van der Waals surface area contributed by atoms with Gasteiger partial charge in [0.15, 0.2) is 0 Å². The summed E-state index contributed by atoms with van der Waals surface area (Å²) in [4.78, 5) is 3.99. The molecule has 1 aromatic carbocycles. The van der Waals surface area contributed by atoms with Crippen LogP contribution in [0.5, 0.6) is 0 Å². The lowest BCUT2D eigenvalue weighted by Gasteiger charge is -2.03. The maximum Gasteiger partial charge on any atom is 0.123 e. The number of nitrogens with zero attached hydrogens (tertiary/aromatic N) is 3. The van der Waals surface area contributed by atoms with Crippen molar-refractivity contribution in [2.75, 3.05) is 5.73 Å². The van der Waals surface area contributed by atoms with Gasteiger partial charge in [0.2, 0.25) is 0 Å². The number of benzene rings is 1. The molecule has 0 aliphatic heterocycles. The second-order valence-corrected chi connectivity index (χ2v) is 4.01. The van der Waals surface area contributed by atoms with Crippen LogP contribution in [0.25, 0.3) is 22.0 Å². The van der Waals surface area contributed by atoms with Crippen molar-refractivity contribution in [2.24, 2.45) is 7.05 Å². The van der Waals surface area contributed by atoms with E-state index in [1.54, 1.807) is 6.20 Å². The van der Waals surface area contributed by atoms with E-state index in [-0.39, 0.29) is 0 Å². The third-order valence-corrected chi connectivity index (χ3v) is 2.86. The molecule has 0 saturated carbocycles. The highest BCUT2D eigenvalue weighted by Gasteiger charge is 2.03. The molecule has 0 fully saturated rings. The van der Waals surface area contributed by atoms with Crippen molar-refractivity contribution in [2.45, 2.75) is 0 Å². The number of rotatable bonds is 1. The molecule has 0 spiro atoms. The molecule has 2 heterocycles. The molecule has 0 aliphatic carbocycles. The fourth-order valence-corrected chi connectivity index (χ4v) is 1.97. The van der Waals surface area contributed by atoms with Crippen molar-refractivity contribution in [3.05, 3.63) is 42.7 Å². The predicted molar refractivity (Wildman–Crippen MR) is 68.4 cm³/mol. The molecule has 0 amide bonds. The summed E-state index contributed by atoms with van der Waals surface area (Å²) in [5.41, 5.74) is 9.00. The van der Waals surface area contributed by atoms with E-state index in [9.17, 15) is 0 Å². The Morgan fingerprint density at radius 1 is 1.12 bits per heavy atom. The van der Waals surface area contributed by atoms with E-state index in [4.69, 9.17) is 5.73 Å². The Morgan fingerprint density at radius 3 is 2.76 bits per heavy atom. The summed E-state index contributed by atoms with van der Waals surface area (Å²) < 4.78 is 1.86. The Hall–Kier alpha value is -2.36. The van der Waals surface area contributed by atoms with Crippen LogP contribution in [0.2, 0.25) is 0 Å². The van der Waals surface area contributed by atoms with Crippen molar-refractivity contribution >= 4 is 16.7 Å². The lowest BCUT2D eigenvalue weighted by molar-refractivity contribution is 0.797. The van der Waals surface area contributed by atoms with Gasteiger partial charge in [0.1, 0.15) is 5.82 Å². The molecule has 4 nitrogen and oxygen atoms in total. The van der Waals surface area contributed by atoms with Gasteiger partial charge in [-0.15, -0.1) is 0 Å². The Balaban J connectivity index is 2.18. The molecule has 84 valence electrons. The molecular formula is C13H12N4. The number of nitrogens with two attached hydrogens (primary N) is 1. The normalized spacial score (nSPS) is 10.9. The first-order chi connectivity index (χ1) is 8.24. The fourth-order valence-electron chi connectivity index (χ4n) is 1.97. The first kappa shape index (κ1) is 9.84. The van der Waals surface area contributed by atoms with Gasteiger partial charge in [0, 0.05) is 18.6 Å². The smallest absolute Gasteiger partial charge is 0.123 e. The number of pyridine rings is 1. The Labute approximate surface area is 98.7 Å². The van der Waals surface area contributed by atoms with Crippen LogP contribution >= 0.6 is 0 Å². The summed E-state index contributed by atoms with van der Waals surface area (Å²) in [5.74, 6) is 0.536. The van der Waals surface area contributed by atoms with Crippen LogP contribution in [0.15, 0.2) is 42.7 Å². The molecule has 0 unspecified atom stereocenters. The minimum Gasteiger partial charge on any atom is -0.384 e. The molecule has 0 saturated heterocycles. The minimum absolute atomic E-state index is 0.536. The monoisotopic (exact) mass is 224 g/mol. The van der Waals surface area contributed by atoms with Crippen molar-refractivity contribution in [1.29, 1.82) is 0 Å². The second-order valence-electron chi connectivity index (χ2n) is 4.01. The molecule has 2 N–H and O–H groups in total. The first-order valence-electron chi connectivity index (χ1n) is 5.38. The van der Waals surface area contributed by atoms with Crippen LogP contribution in [0, 0.1) is 0 Å². The number of hydrogen-bond acceptors (Lipinski definition) is 3. The van der Waals surface area contributed by atoms with Gasteiger partial charge in [-0.05, 0) is 35.4 Å². The summed E-state index contributed by atoms with van der Waals surface area (Å²) in [6.45, 7) is 0. The Kier molecular flexibility index (Phi) is 2.08. The lowest BCUT2D eigenvalue weighted by Crippen LogP contribution is -1.90. The number of nitrogen functional groups attached to an aromatic ring is 1. The van der Waals surface area contributed by atoms with Crippen LogP contribution in [0.3, 0.4) is 0 Å². The highest BCUT2D eigenvalue weighted by molar-refractivity contribution is 5.84. The standard InChI is InChI=1S/C13H12N4/c1-17-12-3-2-9(6-11(12)8-16-17)10-4-5-15-13(14)7-10/h2-8H,1H3,(H2,14,15). The molecule has 0 atom stereocenters. The maximum atomic E-state index is 5.69. The summed E-state index contributed by atoms with van der Waals surface area (Å²) in [6, 6.07) is 10.1. The van der Waals surface area contributed by atoms with E-state index < -0.39 is 0 Å². The van der Waals surface area contributed by atoms with E-state index in [1.807, 2.05) is 30.1 Å². The molecular weight excluding hydrogens is 212 g/mol. The van der Waals surface area contributed by atoms with Crippen LogP contribution in [0.1, 0.15) is 0 Å². The van der Waals surface area contributed by atoms with Gasteiger partial charge in [-0.1, -0.05) is 6.07 Å². The molecule has 17 heavy (non-hydrogen) atoms. The zero-order chi connectivity index (χ0) is 11.8. The van der Waals surface area contributed by atoms with Gasteiger partial charge in [0.05, 0.1) is 11.7 Å². The SMILES string of the molecule is Cn1ncc2cc(-c3ccnc(N)c3)ccc21. The van der Waals surface area contributed by atoms with E-state index in [0.717, 1.165) is 22.0 Å². The predicted octanol–water partition coefficient (Wildman–Crippen LogP) is 2.22. The van der Waals surface area contributed by atoms with Gasteiger partial charge >= 0.3 is 0 Å². The minimum atomic E-state index is 0.536. The van der Waals surface area contributed by atoms with E-state index in [1.165, 1.54) is 0 Å². The van der Waals surface area contributed by atoms with Crippen LogP contribution in [-0.4, -0.2) is 14.8 Å².